The molecule has 0 spiro atoms. The number of ether oxygens (including phenoxy) is 1. The number of nitrogens with zero attached hydrogens (tertiary/aromatic N) is 4. The number of rotatable bonds is 5. The highest BCUT2D eigenvalue weighted by atomic mass is 16.5. The van der Waals surface area contributed by atoms with Crippen molar-refractivity contribution in [2.45, 2.75) is 13.2 Å². The number of hydrogen-bond acceptors (Lipinski definition) is 4. The quantitative estimate of drug-likeness (QED) is 0.645. The van der Waals surface area contributed by atoms with Crippen LogP contribution in [-0.2, 0) is 17.9 Å². The Morgan fingerprint density at radius 1 is 1.54 bits per heavy atom. The summed E-state index contributed by atoms with van der Waals surface area (Å²) >= 11 is 0. The van der Waals surface area contributed by atoms with Gasteiger partial charge in [-0.2, -0.15) is 5.10 Å². The SMILES string of the molecule is COCc1ncnn1CCN(C)C. The second-order valence-corrected chi connectivity index (χ2v) is 3.14. The van der Waals surface area contributed by atoms with Gasteiger partial charge < -0.3 is 9.64 Å². The summed E-state index contributed by atoms with van der Waals surface area (Å²) in [5.41, 5.74) is 0. The Labute approximate surface area is 78.3 Å². The maximum absolute atomic E-state index is 5.00. The molecule has 1 aromatic rings. The molecule has 0 aromatic carbocycles. The van der Waals surface area contributed by atoms with E-state index in [1.165, 1.54) is 0 Å². The normalized spacial score (nSPS) is 11.1. The van der Waals surface area contributed by atoms with Gasteiger partial charge in [-0.1, -0.05) is 0 Å². The summed E-state index contributed by atoms with van der Waals surface area (Å²) in [4.78, 5) is 6.20. The van der Waals surface area contributed by atoms with E-state index in [1.807, 2.05) is 18.8 Å². The van der Waals surface area contributed by atoms with E-state index in [4.69, 9.17) is 4.74 Å². The van der Waals surface area contributed by atoms with E-state index in [0.717, 1.165) is 18.9 Å². The molecule has 0 saturated heterocycles. The summed E-state index contributed by atoms with van der Waals surface area (Å²) in [6, 6.07) is 0. The molecular weight excluding hydrogens is 168 g/mol. The fourth-order valence-corrected chi connectivity index (χ4v) is 1.01. The highest BCUT2D eigenvalue weighted by Crippen LogP contribution is 1.95. The molecule has 0 amide bonds. The van der Waals surface area contributed by atoms with Gasteiger partial charge in [-0.15, -0.1) is 0 Å². The maximum atomic E-state index is 5.00. The molecule has 74 valence electrons. The number of aromatic nitrogens is 3. The second-order valence-electron chi connectivity index (χ2n) is 3.14. The Hall–Kier alpha value is -0.940. The van der Waals surface area contributed by atoms with Crippen LogP contribution in [0.25, 0.3) is 0 Å². The summed E-state index contributed by atoms with van der Waals surface area (Å²) in [7, 11) is 5.73. The lowest BCUT2D eigenvalue weighted by molar-refractivity contribution is 0.172. The average Bonchev–Trinajstić information content (AvgIpc) is 2.49. The van der Waals surface area contributed by atoms with Gasteiger partial charge in [0, 0.05) is 13.7 Å². The van der Waals surface area contributed by atoms with Crippen LogP contribution in [0.5, 0.6) is 0 Å². The van der Waals surface area contributed by atoms with Crippen LogP contribution in [-0.4, -0.2) is 47.4 Å². The molecule has 5 nitrogen and oxygen atoms in total. The molecule has 0 atom stereocenters. The van der Waals surface area contributed by atoms with Crippen LogP contribution in [0.3, 0.4) is 0 Å². The lowest BCUT2D eigenvalue weighted by Crippen LogP contribution is -2.20. The van der Waals surface area contributed by atoms with Crippen LogP contribution in [0.1, 0.15) is 5.82 Å². The number of methoxy groups -OCH3 is 1. The van der Waals surface area contributed by atoms with E-state index >= 15 is 0 Å². The minimum atomic E-state index is 0.521. The molecule has 0 fully saturated rings. The summed E-state index contributed by atoms with van der Waals surface area (Å²) in [6.45, 7) is 2.33. The zero-order valence-electron chi connectivity index (χ0n) is 8.40. The molecular formula is C8H16N4O. The van der Waals surface area contributed by atoms with Crippen molar-refractivity contribution in [1.82, 2.24) is 19.7 Å². The van der Waals surface area contributed by atoms with Gasteiger partial charge in [-0.3, -0.25) is 0 Å². The fourth-order valence-electron chi connectivity index (χ4n) is 1.01. The highest BCUT2D eigenvalue weighted by Gasteiger charge is 2.02. The first-order valence-electron chi connectivity index (χ1n) is 4.24. The predicted molar refractivity (Wildman–Crippen MR) is 49.3 cm³/mol. The van der Waals surface area contributed by atoms with E-state index in [1.54, 1.807) is 13.4 Å². The van der Waals surface area contributed by atoms with Crippen molar-refractivity contribution in [3.05, 3.63) is 12.2 Å². The third kappa shape index (κ3) is 3.12. The second kappa shape index (κ2) is 4.94. The Bertz CT molecular complexity index is 246. The molecule has 0 aliphatic heterocycles. The van der Waals surface area contributed by atoms with Crippen LogP contribution in [0, 0.1) is 0 Å². The van der Waals surface area contributed by atoms with Crippen LogP contribution in [0.2, 0.25) is 0 Å². The third-order valence-corrected chi connectivity index (χ3v) is 1.73. The molecule has 5 heteroatoms. The van der Waals surface area contributed by atoms with Gasteiger partial charge in [0.2, 0.25) is 0 Å². The monoisotopic (exact) mass is 184 g/mol. The van der Waals surface area contributed by atoms with Crippen molar-refractivity contribution in [1.29, 1.82) is 0 Å². The molecule has 0 radical (unpaired) electrons. The standard InChI is InChI=1S/C8H16N4O/c1-11(2)4-5-12-8(6-13-3)9-7-10-12/h7H,4-6H2,1-3H3. The van der Waals surface area contributed by atoms with Crippen LogP contribution in [0.15, 0.2) is 6.33 Å². The number of likely N-dealkylation sites (N-methyl/N-ethyl adjacent to an activating group) is 1. The van der Waals surface area contributed by atoms with Crippen molar-refractivity contribution in [3.63, 3.8) is 0 Å². The molecule has 1 rings (SSSR count). The van der Waals surface area contributed by atoms with E-state index in [9.17, 15) is 0 Å². The predicted octanol–water partition coefficient (Wildman–Crippen LogP) is -0.0139. The van der Waals surface area contributed by atoms with Crippen molar-refractivity contribution >= 4 is 0 Å². The van der Waals surface area contributed by atoms with Gasteiger partial charge in [-0.05, 0) is 14.1 Å². The first-order valence-corrected chi connectivity index (χ1v) is 4.24. The minimum absolute atomic E-state index is 0.521. The summed E-state index contributed by atoms with van der Waals surface area (Å²) < 4.78 is 6.86. The summed E-state index contributed by atoms with van der Waals surface area (Å²) in [6.07, 6.45) is 1.56. The van der Waals surface area contributed by atoms with Gasteiger partial charge in [-0.25, -0.2) is 9.67 Å². The largest absolute Gasteiger partial charge is 0.377 e. The van der Waals surface area contributed by atoms with Gasteiger partial charge in [0.15, 0.2) is 5.82 Å². The lowest BCUT2D eigenvalue weighted by atomic mass is 10.5. The smallest absolute Gasteiger partial charge is 0.152 e. The van der Waals surface area contributed by atoms with Gasteiger partial charge >= 0.3 is 0 Å². The Balaban J connectivity index is 2.49. The average molecular weight is 184 g/mol. The molecule has 0 aliphatic carbocycles. The van der Waals surface area contributed by atoms with E-state index < -0.39 is 0 Å². The number of hydrogen-bond donors (Lipinski definition) is 0. The summed E-state index contributed by atoms with van der Waals surface area (Å²) in [5.74, 6) is 0.879. The molecule has 0 saturated carbocycles. The van der Waals surface area contributed by atoms with E-state index in [0.29, 0.717) is 6.61 Å². The molecule has 13 heavy (non-hydrogen) atoms. The first-order chi connectivity index (χ1) is 6.24. The Kier molecular flexibility index (Phi) is 3.85. The first kappa shape index (κ1) is 10.1. The molecule has 0 aliphatic rings. The van der Waals surface area contributed by atoms with Crippen LogP contribution < -0.4 is 0 Å². The zero-order chi connectivity index (χ0) is 9.68. The Morgan fingerprint density at radius 3 is 2.92 bits per heavy atom. The van der Waals surface area contributed by atoms with Crippen LogP contribution >= 0.6 is 0 Å². The summed E-state index contributed by atoms with van der Waals surface area (Å²) in [5, 5.41) is 4.11. The van der Waals surface area contributed by atoms with Crippen molar-refractivity contribution in [2.75, 3.05) is 27.7 Å². The van der Waals surface area contributed by atoms with Crippen LogP contribution in [0.4, 0.5) is 0 Å². The van der Waals surface area contributed by atoms with Crippen molar-refractivity contribution in [2.24, 2.45) is 0 Å². The van der Waals surface area contributed by atoms with Crippen molar-refractivity contribution < 1.29 is 4.74 Å². The Morgan fingerprint density at radius 2 is 2.31 bits per heavy atom. The van der Waals surface area contributed by atoms with Gasteiger partial charge in [0.1, 0.15) is 12.9 Å². The molecule has 0 unspecified atom stereocenters. The van der Waals surface area contributed by atoms with E-state index in [2.05, 4.69) is 15.0 Å². The molecule has 1 aromatic heterocycles. The minimum Gasteiger partial charge on any atom is -0.377 e. The molecule has 0 bridgehead atoms. The zero-order valence-corrected chi connectivity index (χ0v) is 8.40. The highest BCUT2D eigenvalue weighted by molar-refractivity contribution is 4.81. The molecule has 0 N–H and O–H groups in total. The fraction of sp³-hybridized carbons (Fsp3) is 0.750. The van der Waals surface area contributed by atoms with Gasteiger partial charge in [0.05, 0.1) is 6.54 Å². The van der Waals surface area contributed by atoms with Gasteiger partial charge in [0.25, 0.3) is 0 Å². The van der Waals surface area contributed by atoms with Crippen molar-refractivity contribution in [3.8, 4) is 0 Å². The van der Waals surface area contributed by atoms with E-state index in [-0.39, 0.29) is 0 Å². The topological polar surface area (TPSA) is 43.2 Å². The molecule has 1 heterocycles. The third-order valence-electron chi connectivity index (χ3n) is 1.73. The maximum Gasteiger partial charge on any atom is 0.152 e. The lowest BCUT2D eigenvalue weighted by Gasteiger charge is -2.10.